The zero-order valence-electron chi connectivity index (χ0n) is 16.8. The van der Waals surface area contributed by atoms with Crippen LogP contribution in [-0.2, 0) is 26.9 Å². The summed E-state index contributed by atoms with van der Waals surface area (Å²) in [4.78, 5) is 6.72. The predicted octanol–water partition coefficient (Wildman–Crippen LogP) is 1.01. The minimum Gasteiger partial charge on any atom is -0.379 e. The summed E-state index contributed by atoms with van der Waals surface area (Å²) >= 11 is 0. The number of guanidine groups is 1. The third kappa shape index (κ3) is 7.48. The van der Waals surface area contributed by atoms with Crippen LogP contribution in [0.3, 0.4) is 0 Å². The summed E-state index contributed by atoms with van der Waals surface area (Å²) in [5.74, 6) is 0.817. The molecular formula is C19H32N4O3S. The van der Waals surface area contributed by atoms with Crippen LogP contribution in [0.15, 0.2) is 29.3 Å². The molecule has 0 aromatic heterocycles. The Kier molecular flexibility index (Phi) is 7.64. The number of nitrogens with one attached hydrogen (secondary N) is 2. The Labute approximate surface area is 163 Å². The summed E-state index contributed by atoms with van der Waals surface area (Å²) < 4.78 is 28.2. The maximum atomic E-state index is 11.4. The van der Waals surface area contributed by atoms with Crippen molar-refractivity contribution >= 4 is 15.8 Å². The molecule has 1 aliphatic rings. The first-order chi connectivity index (χ1) is 12.7. The summed E-state index contributed by atoms with van der Waals surface area (Å²) in [5.41, 5.74) is 1.88. The Morgan fingerprint density at radius 3 is 2.30 bits per heavy atom. The second-order valence-corrected chi connectivity index (χ2v) is 9.72. The van der Waals surface area contributed by atoms with Crippen molar-refractivity contribution in [3.63, 3.8) is 0 Å². The van der Waals surface area contributed by atoms with Crippen LogP contribution in [0.2, 0.25) is 0 Å². The highest BCUT2D eigenvalue weighted by molar-refractivity contribution is 7.89. The van der Waals surface area contributed by atoms with E-state index in [0.29, 0.717) is 6.54 Å². The molecule has 1 aliphatic heterocycles. The van der Waals surface area contributed by atoms with E-state index in [-0.39, 0.29) is 11.3 Å². The molecule has 2 N–H and O–H groups in total. The molecule has 8 heteroatoms. The van der Waals surface area contributed by atoms with Gasteiger partial charge in [-0.1, -0.05) is 24.3 Å². The van der Waals surface area contributed by atoms with Gasteiger partial charge in [-0.05, 0) is 25.0 Å². The Hall–Kier alpha value is -1.64. The molecule has 1 saturated heterocycles. The van der Waals surface area contributed by atoms with Crippen molar-refractivity contribution in [3.05, 3.63) is 35.4 Å². The number of sulfone groups is 1. The largest absolute Gasteiger partial charge is 0.379 e. The van der Waals surface area contributed by atoms with Crippen molar-refractivity contribution in [2.24, 2.45) is 4.99 Å². The van der Waals surface area contributed by atoms with Crippen molar-refractivity contribution in [3.8, 4) is 0 Å². The first kappa shape index (κ1) is 21.7. The lowest BCUT2D eigenvalue weighted by molar-refractivity contribution is -0.00834. The normalized spacial score (nSPS) is 17.0. The molecule has 2 rings (SSSR count). The molecule has 1 heterocycles. The van der Waals surface area contributed by atoms with E-state index in [1.165, 1.54) is 6.26 Å². The summed E-state index contributed by atoms with van der Waals surface area (Å²) in [6, 6.07) is 7.60. The van der Waals surface area contributed by atoms with E-state index in [1.807, 2.05) is 24.3 Å². The number of hydrogen-bond acceptors (Lipinski definition) is 5. The summed E-state index contributed by atoms with van der Waals surface area (Å²) in [6.45, 7) is 9.30. The van der Waals surface area contributed by atoms with Gasteiger partial charge in [0.15, 0.2) is 15.8 Å². The van der Waals surface area contributed by atoms with Crippen molar-refractivity contribution < 1.29 is 13.2 Å². The van der Waals surface area contributed by atoms with E-state index in [2.05, 4.69) is 34.4 Å². The SMILES string of the molecule is CN=C(NCc1ccc(CS(C)(=O)=O)cc1)NCC(C)(C)N1CCOCC1. The fourth-order valence-electron chi connectivity index (χ4n) is 3.04. The highest BCUT2D eigenvalue weighted by atomic mass is 32.2. The Balaban J connectivity index is 1.83. The topological polar surface area (TPSA) is 83.0 Å². The lowest BCUT2D eigenvalue weighted by Gasteiger charge is -2.41. The molecule has 0 bridgehead atoms. The zero-order valence-corrected chi connectivity index (χ0v) is 17.6. The van der Waals surface area contributed by atoms with Crippen LogP contribution in [0.5, 0.6) is 0 Å². The van der Waals surface area contributed by atoms with E-state index in [4.69, 9.17) is 4.74 Å². The molecule has 152 valence electrons. The Morgan fingerprint density at radius 2 is 1.74 bits per heavy atom. The highest BCUT2D eigenvalue weighted by Gasteiger charge is 2.28. The fourth-order valence-corrected chi connectivity index (χ4v) is 3.84. The van der Waals surface area contributed by atoms with E-state index in [0.717, 1.165) is 49.9 Å². The van der Waals surface area contributed by atoms with Crippen molar-refractivity contribution in [1.29, 1.82) is 0 Å². The Morgan fingerprint density at radius 1 is 1.15 bits per heavy atom. The molecule has 0 radical (unpaired) electrons. The fraction of sp³-hybridized carbons (Fsp3) is 0.632. The van der Waals surface area contributed by atoms with Gasteiger partial charge in [0.1, 0.15) is 0 Å². The maximum Gasteiger partial charge on any atom is 0.191 e. The molecule has 0 aliphatic carbocycles. The van der Waals surface area contributed by atoms with Crippen LogP contribution < -0.4 is 10.6 Å². The van der Waals surface area contributed by atoms with Gasteiger partial charge in [-0.3, -0.25) is 9.89 Å². The highest BCUT2D eigenvalue weighted by Crippen LogP contribution is 2.15. The molecule has 0 atom stereocenters. The summed E-state index contributed by atoms with van der Waals surface area (Å²) in [7, 11) is -1.25. The third-order valence-electron chi connectivity index (χ3n) is 4.69. The van der Waals surface area contributed by atoms with E-state index in [1.54, 1.807) is 7.05 Å². The second kappa shape index (κ2) is 9.52. The van der Waals surface area contributed by atoms with Crippen molar-refractivity contribution in [2.75, 3.05) is 46.2 Å². The van der Waals surface area contributed by atoms with E-state index >= 15 is 0 Å². The number of rotatable bonds is 7. The van der Waals surface area contributed by atoms with Gasteiger partial charge in [-0.25, -0.2) is 8.42 Å². The van der Waals surface area contributed by atoms with Crippen LogP contribution in [0.1, 0.15) is 25.0 Å². The number of ether oxygens (including phenoxy) is 1. The minimum absolute atomic E-state index is 0.00862. The van der Waals surface area contributed by atoms with Crippen LogP contribution in [0, 0.1) is 0 Å². The predicted molar refractivity (Wildman–Crippen MR) is 110 cm³/mol. The first-order valence-electron chi connectivity index (χ1n) is 9.22. The smallest absolute Gasteiger partial charge is 0.191 e. The molecule has 1 fully saturated rings. The quantitative estimate of drug-likeness (QED) is 0.529. The van der Waals surface area contributed by atoms with Crippen LogP contribution in [0.25, 0.3) is 0 Å². The van der Waals surface area contributed by atoms with Gasteiger partial charge in [0.05, 0.1) is 19.0 Å². The molecule has 27 heavy (non-hydrogen) atoms. The van der Waals surface area contributed by atoms with Gasteiger partial charge in [0.25, 0.3) is 0 Å². The molecule has 0 saturated carbocycles. The second-order valence-electron chi connectivity index (χ2n) is 7.58. The van der Waals surface area contributed by atoms with Gasteiger partial charge >= 0.3 is 0 Å². The molecule has 7 nitrogen and oxygen atoms in total. The van der Waals surface area contributed by atoms with Crippen LogP contribution in [-0.4, -0.2) is 71.0 Å². The lowest BCUT2D eigenvalue weighted by Crippen LogP contribution is -2.56. The molecule has 1 aromatic carbocycles. The maximum absolute atomic E-state index is 11.4. The van der Waals surface area contributed by atoms with Crippen molar-refractivity contribution in [1.82, 2.24) is 15.5 Å². The average molecular weight is 397 g/mol. The average Bonchev–Trinajstić information content (AvgIpc) is 2.62. The first-order valence-corrected chi connectivity index (χ1v) is 11.3. The standard InChI is InChI=1S/C19H32N4O3S/c1-19(2,23-9-11-26-12-10-23)15-22-18(20-3)21-13-16-5-7-17(8-6-16)14-27(4,24)25/h5-8H,9-15H2,1-4H3,(H2,20,21,22). The zero-order chi connectivity index (χ0) is 19.9. The Bertz CT molecular complexity index is 724. The monoisotopic (exact) mass is 396 g/mol. The number of hydrogen-bond donors (Lipinski definition) is 2. The van der Waals surface area contributed by atoms with Crippen LogP contribution in [0.4, 0.5) is 0 Å². The van der Waals surface area contributed by atoms with Gasteiger partial charge in [0, 0.05) is 45.0 Å². The lowest BCUT2D eigenvalue weighted by atomic mass is 10.0. The number of morpholine rings is 1. The van der Waals surface area contributed by atoms with E-state index in [9.17, 15) is 8.42 Å². The van der Waals surface area contributed by atoms with Gasteiger partial charge in [0.2, 0.25) is 0 Å². The summed E-state index contributed by atoms with van der Waals surface area (Å²) in [6.07, 6.45) is 1.25. The number of benzene rings is 1. The molecular weight excluding hydrogens is 364 g/mol. The third-order valence-corrected chi connectivity index (χ3v) is 5.55. The summed E-state index contributed by atoms with van der Waals surface area (Å²) in [5, 5.41) is 6.70. The van der Waals surface area contributed by atoms with Crippen LogP contribution >= 0.6 is 0 Å². The van der Waals surface area contributed by atoms with Gasteiger partial charge in [-0.2, -0.15) is 0 Å². The van der Waals surface area contributed by atoms with Crippen molar-refractivity contribution in [2.45, 2.75) is 31.7 Å². The molecule has 0 unspecified atom stereocenters. The number of aliphatic imine (C=N–C) groups is 1. The van der Waals surface area contributed by atoms with Gasteiger partial charge in [-0.15, -0.1) is 0 Å². The molecule has 0 spiro atoms. The minimum atomic E-state index is -3.01. The molecule has 0 amide bonds. The number of nitrogens with zero attached hydrogens (tertiary/aromatic N) is 2. The van der Waals surface area contributed by atoms with E-state index < -0.39 is 9.84 Å². The molecule has 1 aromatic rings. The van der Waals surface area contributed by atoms with Gasteiger partial charge < -0.3 is 15.4 Å².